The van der Waals surface area contributed by atoms with Crippen molar-refractivity contribution in [1.82, 2.24) is 5.32 Å². The number of nitro benzene ring substituents is 1. The molecule has 0 aliphatic carbocycles. The molecule has 0 fully saturated rings. The maximum atomic E-state index is 12.9. The lowest BCUT2D eigenvalue weighted by molar-refractivity contribution is -0.385. The average Bonchev–Trinajstić information content (AvgIpc) is 2.67. The van der Waals surface area contributed by atoms with Gasteiger partial charge in [-0.15, -0.1) is 0 Å². The normalized spacial score (nSPS) is 11.8. The fourth-order valence-electron chi connectivity index (χ4n) is 2.21. The van der Waals surface area contributed by atoms with E-state index < -0.39 is 44.3 Å². The highest BCUT2D eigenvalue weighted by molar-refractivity contribution is 6.37. The summed E-state index contributed by atoms with van der Waals surface area (Å²) in [5, 5.41) is 12.7. The lowest BCUT2D eigenvalue weighted by atomic mass is 10.1. The molecule has 0 aliphatic heterocycles. The first-order valence-electron chi connectivity index (χ1n) is 7.85. The van der Waals surface area contributed by atoms with Crippen LogP contribution < -0.4 is 10.1 Å². The van der Waals surface area contributed by atoms with Gasteiger partial charge in [-0.1, -0.05) is 23.2 Å². The van der Waals surface area contributed by atoms with Crippen LogP contribution in [0.5, 0.6) is 11.5 Å². The van der Waals surface area contributed by atoms with Gasteiger partial charge in [0.15, 0.2) is 5.75 Å². The molecule has 0 bridgehead atoms. The third kappa shape index (κ3) is 5.30. The number of hydrogen-bond donors (Lipinski definition) is 1. The van der Waals surface area contributed by atoms with Gasteiger partial charge in [0.2, 0.25) is 5.90 Å². The molecule has 1 N–H and O–H groups in total. The fourth-order valence-corrected chi connectivity index (χ4v) is 2.78. The number of nitro groups is 1. The van der Waals surface area contributed by atoms with Gasteiger partial charge in [0.1, 0.15) is 11.3 Å². The van der Waals surface area contributed by atoms with Gasteiger partial charge in [0.05, 0.1) is 27.6 Å². The number of rotatable bonds is 4. The van der Waals surface area contributed by atoms with Gasteiger partial charge in [0.25, 0.3) is 5.69 Å². The second-order valence-electron chi connectivity index (χ2n) is 5.48. The van der Waals surface area contributed by atoms with E-state index in [0.717, 1.165) is 19.2 Å². The second kappa shape index (κ2) is 9.18. The first-order valence-corrected chi connectivity index (χ1v) is 8.60. The second-order valence-corrected chi connectivity index (χ2v) is 6.30. The molecule has 0 aliphatic rings. The Hall–Kier alpha value is -3.05. The Morgan fingerprint density at radius 3 is 2.27 bits per heavy atom. The van der Waals surface area contributed by atoms with Crippen molar-refractivity contribution in [2.24, 2.45) is 4.99 Å². The highest BCUT2D eigenvalue weighted by atomic mass is 35.5. The highest BCUT2D eigenvalue weighted by Crippen LogP contribution is 2.42. The molecule has 2 rings (SSSR count). The number of benzene rings is 2. The first kappa shape index (κ1) is 23.2. The first-order chi connectivity index (χ1) is 14.0. The van der Waals surface area contributed by atoms with Crippen LogP contribution in [0.2, 0.25) is 10.0 Å². The molecule has 30 heavy (non-hydrogen) atoms. The number of ether oxygens (including phenoxy) is 2. The van der Waals surface area contributed by atoms with Gasteiger partial charge in [-0.2, -0.15) is 18.2 Å². The predicted molar refractivity (Wildman–Crippen MR) is 103 cm³/mol. The molecule has 0 atom stereocenters. The number of nitrogens with one attached hydrogen (secondary N) is 1. The van der Waals surface area contributed by atoms with Crippen LogP contribution in [0.4, 0.5) is 23.7 Å². The highest BCUT2D eigenvalue weighted by Gasteiger charge is 2.32. The SMILES string of the molecule is CNC(=O)N=C(OC)c1cc(Oc2c(Cl)cc(C(F)(F)F)cc2Cl)ccc1[N+](=O)[O-]. The van der Waals surface area contributed by atoms with E-state index in [-0.39, 0.29) is 17.1 Å². The number of halogens is 5. The molecule has 8 nitrogen and oxygen atoms in total. The Morgan fingerprint density at radius 1 is 1.20 bits per heavy atom. The standard InChI is InChI=1S/C17H12Cl2F3N3O5/c1-23-16(26)24-15(29-2)10-7-9(3-4-13(10)25(27)28)30-14-11(18)5-8(6-12(14)19)17(20,21)22/h3-7H,1-2H3,(H,23,26). The number of urea groups is 1. The zero-order valence-electron chi connectivity index (χ0n) is 15.2. The molecule has 13 heteroatoms. The maximum Gasteiger partial charge on any atom is 0.416 e. The minimum atomic E-state index is -4.67. The molecule has 160 valence electrons. The monoisotopic (exact) mass is 465 g/mol. The van der Waals surface area contributed by atoms with Gasteiger partial charge in [-0.3, -0.25) is 10.1 Å². The zero-order valence-corrected chi connectivity index (χ0v) is 16.7. The van der Waals surface area contributed by atoms with Crippen molar-refractivity contribution in [2.75, 3.05) is 14.2 Å². The largest absolute Gasteiger partial charge is 0.480 e. The zero-order chi connectivity index (χ0) is 22.6. The van der Waals surface area contributed by atoms with E-state index in [2.05, 4.69) is 10.3 Å². The van der Waals surface area contributed by atoms with Crippen molar-refractivity contribution >= 4 is 40.8 Å². The summed E-state index contributed by atoms with van der Waals surface area (Å²) in [6, 6.07) is 3.73. The Bertz CT molecular complexity index is 1010. The van der Waals surface area contributed by atoms with E-state index in [1.54, 1.807) is 0 Å². The number of carbonyl (C=O) groups is 1. The lowest BCUT2D eigenvalue weighted by Gasteiger charge is -2.14. The Balaban J connectivity index is 2.54. The van der Waals surface area contributed by atoms with E-state index >= 15 is 0 Å². The van der Waals surface area contributed by atoms with Gasteiger partial charge in [-0.05, 0) is 18.2 Å². The van der Waals surface area contributed by atoms with E-state index in [0.29, 0.717) is 12.1 Å². The number of nitrogens with zero attached hydrogens (tertiary/aromatic N) is 2. The molecule has 0 heterocycles. The molecule has 0 radical (unpaired) electrons. The molecule has 2 amide bonds. The number of aliphatic imine (C=N–C) groups is 1. The maximum absolute atomic E-state index is 12.9. The summed E-state index contributed by atoms with van der Waals surface area (Å²) in [5.74, 6) is -0.773. The third-order valence-corrected chi connectivity index (χ3v) is 4.11. The summed E-state index contributed by atoms with van der Waals surface area (Å²) >= 11 is 11.7. The van der Waals surface area contributed by atoms with E-state index in [4.69, 9.17) is 32.7 Å². The predicted octanol–water partition coefficient (Wildman–Crippen LogP) is 5.45. The quantitative estimate of drug-likeness (QED) is 0.280. The van der Waals surface area contributed by atoms with Crippen molar-refractivity contribution in [1.29, 1.82) is 0 Å². The summed E-state index contributed by atoms with van der Waals surface area (Å²) in [7, 11) is 2.43. The number of carbonyl (C=O) groups excluding carboxylic acids is 1. The van der Waals surface area contributed by atoms with Crippen molar-refractivity contribution in [3.63, 3.8) is 0 Å². The molecule has 0 aromatic heterocycles. The number of methoxy groups -OCH3 is 1. The van der Waals surface area contributed by atoms with Crippen LogP contribution >= 0.6 is 23.2 Å². The summed E-state index contributed by atoms with van der Waals surface area (Å²) in [5.41, 5.74) is -1.76. The molecular weight excluding hydrogens is 454 g/mol. The molecule has 2 aromatic carbocycles. The average molecular weight is 466 g/mol. The number of hydrogen-bond acceptors (Lipinski definition) is 5. The van der Waals surface area contributed by atoms with Gasteiger partial charge >= 0.3 is 12.2 Å². The Morgan fingerprint density at radius 2 is 1.80 bits per heavy atom. The smallest absolute Gasteiger partial charge is 0.416 e. The van der Waals surface area contributed by atoms with Gasteiger partial charge in [0, 0.05) is 19.2 Å². The van der Waals surface area contributed by atoms with Crippen LogP contribution in [0, 0.1) is 10.1 Å². The minimum Gasteiger partial charge on any atom is -0.480 e. The van der Waals surface area contributed by atoms with Crippen molar-refractivity contribution < 1.29 is 32.4 Å². The van der Waals surface area contributed by atoms with Crippen LogP contribution in [0.1, 0.15) is 11.1 Å². The van der Waals surface area contributed by atoms with Crippen molar-refractivity contribution in [3.8, 4) is 11.5 Å². The molecule has 0 spiro atoms. The van der Waals surface area contributed by atoms with Crippen LogP contribution in [0.15, 0.2) is 35.3 Å². The summed E-state index contributed by atoms with van der Waals surface area (Å²) < 4.78 is 49.0. The van der Waals surface area contributed by atoms with E-state index in [1.165, 1.54) is 13.1 Å². The summed E-state index contributed by atoms with van der Waals surface area (Å²) in [6.07, 6.45) is -4.67. The lowest BCUT2D eigenvalue weighted by Crippen LogP contribution is -2.17. The fraction of sp³-hybridized carbons (Fsp3) is 0.176. The van der Waals surface area contributed by atoms with Crippen LogP contribution in [-0.4, -0.2) is 31.0 Å². The molecular formula is C17H12Cl2F3N3O5. The Labute approximate surface area is 177 Å². The van der Waals surface area contributed by atoms with Crippen molar-refractivity contribution in [2.45, 2.75) is 6.18 Å². The summed E-state index contributed by atoms with van der Waals surface area (Å²) in [6.45, 7) is 0. The van der Waals surface area contributed by atoms with Gasteiger partial charge in [-0.25, -0.2) is 4.79 Å². The molecule has 0 saturated heterocycles. The molecule has 0 saturated carbocycles. The number of alkyl halides is 3. The minimum absolute atomic E-state index is 0.0826. The molecule has 2 aromatic rings. The summed E-state index contributed by atoms with van der Waals surface area (Å²) in [4.78, 5) is 25.6. The van der Waals surface area contributed by atoms with E-state index in [1.807, 2.05) is 0 Å². The molecule has 0 unspecified atom stereocenters. The van der Waals surface area contributed by atoms with Crippen LogP contribution in [0.25, 0.3) is 0 Å². The number of amides is 2. The topological polar surface area (TPSA) is 103 Å². The van der Waals surface area contributed by atoms with Crippen LogP contribution in [-0.2, 0) is 10.9 Å². The third-order valence-electron chi connectivity index (χ3n) is 3.55. The van der Waals surface area contributed by atoms with Crippen LogP contribution in [0.3, 0.4) is 0 Å². The Kier molecular flexibility index (Phi) is 7.11. The van der Waals surface area contributed by atoms with E-state index in [9.17, 15) is 28.1 Å². The van der Waals surface area contributed by atoms with Crippen molar-refractivity contribution in [3.05, 3.63) is 61.6 Å². The van der Waals surface area contributed by atoms with Gasteiger partial charge < -0.3 is 14.8 Å².